The molecule has 2 aromatic heterocycles. The molecule has 0 bridgehead atoms. The van der Waals surface area contributed by atoms with Crippen molar-refractivity contribution in [2.75, 3.05) is 0 Å². The fourth-order valence-electron chi connectivity index (χ4n) is 2.43. The first kappa shape index (κ1) is 11.0. The van der Waals surface area contributed by atoms with E-state index in [0.29, 0.717) is 0 Å². The molecule has 1 N–H and O–H groups in total. The van der Waals surface area contributed by atoms with E-state index in [0.717, 1.165) is 28.1 Å². The number of nitrogens with one attached hydrogen (secondary N) is 1. The number of benzene rings is 1. The van der Waals surface area contributed by atoms with E-state index in [4.69, 9.17) is 0 Å². The third-order valence-electron chi connectivity index (χ3n) is 3.19. The molecular weight excluding hydrogens is 224 g/mol. The summed E-state index contributed by atoms with van der Waals surface area (Å²) in [5.41, 5.74) is 6.63. The van der Waals surface area contributed by atoms with Crippen LogP contribution in [-0.4, -0.2) is 19.7 Å². The van der Waals surface area contributed by atoms with Crippen LogP contribution in [0, 0.1) is 20.8 Å². The van der Waals surface area contributed by atoms with Crippen LogP contribution in [0.2, 0.25) is 0 Å². The van der Waals surface area contributed by atoms with Gasteiger partial charge in [0.25, 0.3) is 0 Å². The number of aryl methyl sites for hydroxylation is 4. The van der Waals surface area contributed by atoms with E-state index in [2.05, 4.69) is 41.0 Å². The summed E-state index contributed by atoms with van der Waals surface area (Å²) < 4.78 is 1.82. The Kier molecular flexibility index (Phi) is 2.26. The molecule has 0 aliphatic carbocycles. The van der Waals surface area contributed by atoms with Crippen LogP contribution in [0.25, 0.3) is 22.4 Å². The molecule has 0 amide bonds. The molecule has 0 saturated heterocycles. The summed E-state index contributed by atoms with van der Waals surface area (Å²) in [6.07, 6.45) is 2.00. The summed E-state index contributed by atoms with van der Waals surface area (Å²) in [5, 5.41) is 4.35. The summed E-state index contributed by atoms with van der Waals surface area (Å²) in [6, 6.07) is 4.29. The third kappa shape index (κ3) is 1.61. The van der Waals surface area contributed by atoms with Crippen molar-refractivity contribution >= 4 is 11.0 Å². The summed E-state index contributed by atoms with van der Waals surface area (Å²) in [5.74, 6) is 0.893. The van der Waals surface area contributed by atoms with Crippen LogP contribution in [0.5, 0.6) is 0 Å². The number of nitrogens with zero attached hydrogens (tertiary/aromatic N) is 3. The van der Waals surface area contributed by atoms with Gasteiger partial charge in [-0.2, -0.15) is 5.10 Å². The molecular formula is C14H16N4. The lowest BCUT2D eigenvalue weighted by molar-refractivity contribution is 0.756. The second kappa shape index (κ2) is 3.70. The number of rotatable bonds is 1. The van der Waals surface area contributed by atoms with E-state index in [1.54, 1.807) is 0 Å². The molecule has 3 rings (SSSR count). The smallest absolute Gasteiger partial charge is 0.141 e. The van der Waals surface area contributed by atoms with Gasteiger partial charge in [-0.25, -0.2) is 4.98 Å². The van der Waals surface area contributed by atoms with Gasteiger partial charge in [0.2, 0.25) is 0 Å². The normalized spacial score (nSPS) is 11.3. The fraction of sp³-hybridized carbons (Fsp3) is 0.286. The molecule has 4 nitrogen and oxygen atoms in total. The molecule has 92 valence electrons. The molecule has 0 radical (unpaired) electrons. The lowest BCUT2D eigenvalue weighted by Crippen LogP contribution is -1.86. The van der Waals surface area contributed by atoms with Gasteiger partial charge in [0.05, 0.1) is 22.3 Å². The minimum absolute atomic E-state index is 0.893. The van der Waals surface area contributed by atoms with Crippen molar-refractivity contribution in [3.8, 4) is 11.4 Å². The maximum atomic E-state index is 4.69. The van der Waals surface area contributed by atoms with Crippen molar-refractivity contribution in [2.24, 2.45) is 7.05 Å². The SMILES string of the molecule is Cc1cc(C)c2nc(-c3cn(C)nc3C)[nH]c2c1. The van der Waals surface area contributed by atoms with E-state index in [1.807, 2.05) is 24.9 Å². The first-order valence-electron chi connectivity index (χ1n) is 6.02. The number of hydrogen-bond donors (Lipinski definition) is 1. The van der Waals surface area contributed by atoms with Crippen LogP contribution in [0.1, 0.15) is 16.8 Å². The fourth-order valence-corrected chi connectivity index (χ4v) is 2.43. The zero-order valence-corrected chi connectivity index (χ0v) is 11.1. The second-order valence-electron chi connectivity index (χ2n) is 4.87. The minimum Gasteiger partial charge on any atom is -0.338 e. The number of aromatic amines is 1. The Labute approximate surface area is 106 Å². The molecule has 0 unspecified atom stereocenters. The molecule has 0 aliphatic rings. The summed E-state index contributed by atoms with van der Waals surface area (Å²) in [7, 11) is 1.93. The van der Waals surface area contributed by atoms with Gasteiger partial charge < -0.3 is 4.98 Å². The van der Waals surface area contributed by atoms with Gasteiger partial charge in [0.15, 0.2) is 0 Å². The maximum absolute atomic E-state index is 4.69. The van der Waals surface area contributed by atoms with Crippen molar-refractivity contribution in [3.63, 3.8) is 0 Å². The van der Waals surface area contributed by atoms with Gasteiger partial charge in [0.1, 0.15) is 5.82 Å². The minimum atomic E-state index is 0.893. The number of imidazole rings is 1. The summed E-state index contributed by atoms with van der Waals surface area (Å²) >= 11 is 0. The highest BCUT2D eigenvalue weighted by molar-refractivity contribution is 5.83. The zero-order chi connectivity index (χ0) is 12.9. The van der Waals surface area contributed by atoms with E-state index in [9.17, 15) is 0 Å². The maximum Gasteiger partial charge on any atom is 0.141 e. The zero-order valence-electron chi connectivity index (χ0n) is 11.1. The van der Waals surface area contributed by atoms with Gasteiger partial charge in [-0.1, -0.05) is 6.07 Å². The number of fused-ring (bicyclic) bond motifs is 1. The van der Waals surface area contributed by atoms with Crippen molar-refractivity contribution < 1.29 is 0 Å². The molecule has 0 aliphatic heterocycles. The molecule has 3 aromatic rings. The molecule has 0 spiro atoms. The van der Waals surface area contributed by atoms with Crippen LogP contribution in [-0.2, 0) is 7.05 Å². The largest absolute Gasteiger partial charge is 0.338 e. The highest BCUT2D eigenvalue weighted by Gasteiger charge is 2.12. The highest BCUT2D eigenvalue weighted by Crippen LogP contribution is 2.25. The first-order chi connectivity index (χ1) is 8.54. The monoisotopic (exact) mass is 240 g/mol. The molecule has 0 fully saturated rings. The first-order valence-corrected chi connectivity index (χ1v) is 6.02. The van der Waals surface area contributed by atoms with Gasteiger partial charge >= 0.3 is 0 Å². The Morgan fingerprint density at radius 2 is 1.94 bits per heavy atom. The standard InChI is InChI=1S/C14H16N4/c1-8-5-9(2)13-12(6-8)15-14(16-13)11-7-18(4)17-10(11)3/h5-7H,1-4H3,(H,15,16). The predicted octanol–water partition coefficient (Wildman–Crippen LogP) is 2.89. The average molecular weight is 240 g/mol. The Morgan fingerprint density at radius 3 is 2.61 bits per heavy atom. The average Bonchev–Trinajstić information content (AvgIpc) is 2.81. The molecule has 18 heavy (non-hydrogen) atoms. The van der Waals surface area contributed by atoms with Gasteiger partial charge in [-0.15, -0.1) is 0 Å². The van der Waals surface area contributed by atoms with Crippen LogP contribution < -0.4 is 0 Å². The molecule has 1 aromatic carbocycles. The summed E-state index contributed by atoms with van der Waals surface area (Å²) in [6.45, 7) is 6.19. The van der Waals surface area contributed by atoms with Gasteiger partial charge in [-0.3, -0.25) is 4.68 Å². The number of hydrogen-bond acceptors (Lipinski definition) is 2. The topological polar surface area (TPSA) is 46.5 Å². The van der Waals surface area contributed by atoms with Gasteiger partial charge in [-0.05, 0) is 38.0 Å². The Balaban J connectivity index is 2.25. The van der Waals surface area contributed by atoms with Gasteiger partial charge in [0, 0.05) is 13.2 Å². The van der Waals surface area contributed by atoms with E-state index < -0.39 is 0 Å². The third-order valence-corrected chi connectivity index (χ3v) is 3.19. The van der Waals surface area contributed by atoms with E-state index >= 15 is 0 Å². The van der Waals surface area contributed by atoms with Crippen LogP contribution in [0.4, 0.5) is 0 Å². The Morgan fingerprint density at radius 1 is 1.17 bits per heavy atom. The van der Waals surface area contributed by atoms with E-state index in [1.165, 1.54) is 11.1 Å². The Hall–Kier alpha value is -2.10. The lowest BCUT2D eigenvalue weighted by Gasteiger charge is -1.96. The molecule has 4 heteroatoms. The van der Waals surface area contributed by atoms with Crippen molar-refractivity contribution in [1.82, 2.24) is 19.7 Å². The van der Waals surface area contributed by atoms with Crippen molar-refractivity contribution in [1.29, 1.82) is 0 Å². The Bertz CT molecular complexity index is 734. The second-order valence-corrected chi connectivity index (χ2v) is 4.87. The molecule has 0 saturated carbocycles. The van der Waals surface area contributed by atoms with Crippen LogP contribution in [0.3, 0.4) is 0 Å². The van der Waals surface area contributed by atoms with Crippen molar-refractivity contribution in [3.05, 3.63) is 35.2 Å². The number of aromatic nitrogens is 4. The van der Waals surface area contributed by atoms with E-state index in [-0.39, 0.29) is 0 Å². The quantitative estimate of drug-likeness (QED) is 0.711. The van der Waals surface area contributed by atoms with Crippen LogP contribution >= 0.6 is 0 Å². The number of H-pyrrole nitrogens is 1. The predicted molar refractivity (Wildman–Crippen MR) is 72.5 cm³/mol. The lowest BCUT2D eigenvalue weighted by atomic mass is 10.1. The summed E-state index contributed by atoms with van der Waals surface area (Å²) in [4.78, 5) is 8.07. The highest BCUT2D eigenvalue weighted by atomic mass is 15.3. The molecule has 2 heterocycles. The molecule has 0 atom stereocenters. The van der Waals surface area contributed by atoms with Crippen molar-refractivity contribution in [2.45, 2.75) is 20.8 Å². The van der Waals surface area contributed by atoms with Crippen LogP contribution in [0.15, 0.2) is 18.3 Å².